The standard InChI is InChI=1S/C23H25FN4O4S/c1-15(14-32-2)11-21(26-23(29)17-5-4-6-19(12-17)33(3,30)31)25-22-13-20(27-28-22)16-7-9-18(24)10-8-16/h4-10,12-13,15H,11,14H2,1-3H3,(H2,25,26,27,28,29)/t15-/m1/s1. The van der Waals surface area contributed by atoms with Gasteiger partial charge in [0.25, 0.3) is 5.91 Å². The smallest absolute Gasteiger partial charge is 0.256 e. The zero-order valence-corrected chi connectivity index (χ0v) is 19.3. The number of nitrogens with one attached hydrogen (secondary N) is 2. The molecule has 1 atom stereocenters. The summed E-state index contributed by atoms with van der Waals surface area (Å²) in [4.78, 5) is 17.4. The predicted octanol–water partition coefficient (Wildman–Crippen LogP) is 3.75. The van der Waals surface area contributed by atoms with E-state index < -0.39 is 15.7 Å². The zero-order valence-electron chi connectivity index (χ0n) is 18.5. The minimum absolute atomic E-state index is 0.0481. The van der Waals surface area contributed by atoms with Gasteiger partial charge in [-0.3, -0.25) is 9.89 Å². The second kappa shape index (κ2) is 10.5. The Hall–Kier alpha value is -3.37. The molecule has 0 aliphatic rings. The van der Waals surface area contributed by atoms with Crippen LogP contribution in [0.5, 0.6) is 0 Å². The van der Waals surface area contributed by atoms with E-state index in [1.807, 2.05) is 6.92 Å². The number of aliphatic imine (C=N–C) groups is 1. The molecule has 0 saturated heterocycles. The van der Waals surface area contributed by atoms with E-state index in [1.54, 1.807) is 25.3 Å². The molecular formula is C23H25FN4O4S. The van der Waals surface area contributed by atoms with Crippen molar-refractivity contribution in [3.8, 4) is 11.3 Å². The third kappa shape index (κ3) is 6.80. The van der Waals surface area contributed by atoms with Crippen LogP contribution in [0.2, 0.25) is 0 Å². The molecular weight excluding hydrogens is 447 g/mol. The number of halogens is 1. The fourth-order valence-electron chi connectivity index (χ4n) is 3.15. The second-order valence-corrected chi connectivity index (χ2v) is 9.74. The maximum Gasteiger partial charge on any atom is 0.256 e. The molecule has 2 aromatic carbocycles. The minimum atomic E-state index is -3.45. The Morgan fingerprint density at radius 2 is 1.94 bits per heavy atom. The van der Waals surface area contributed by atoms with Crippen LogP contribution >= 0.6 is 0 Å². The summed E-state index contributed by atoms with van der Waals surface area (Å²) in [5.41, 5.74) is 1.57. The van der Waals surface area contributed by atoms with Crippen molar-refractivity contribution in [3.05, 3.63) is 66.0 Å². The SMILES string of the molecule is COC[C@H](C)CC(=Nc1cc(-c2ccc(F)cc2)[nH]n1)NC(=O)c1cccc(S(C)(=O)=O)c1. The number of hydrogen-bond donors (Lipinski definition) is 2. The molecule has 3 rings (SSSR count). The number of H-pyrrole nitrogens is 1. The Labute approximate surface area is 191 Å². The molecule has 2 N–H and O–H groups in total. The number of ether oxygens (including phenoxy) is 1. The normalized spacial score (nSPS) is 13.0. The molecule has 0 fully saturated rings. The van der Waals surface area contributed by atoms with E-state index >= 15 is 0 Å². The second-order valence-electron chi connectivity index (χ2n) is 7.72. The highest BCUT2D eigenvalue weighted by atomic mass is 32.2. The van der Waals surface area contributed by atoms with Gasteiger partial charge in [0.05, 0.1) is 10.6 Å². The third-order valence-corrected chi connectivity index (χ3v) is 5.85. The summed E-state index contributed by atoms with van der Waals surface area (Å²) >= 11 is 0. The number of nitrogens with zero attached hydrogens (tertiary/aromatic N) is 2. The van der Waals surface area contributed by atoms with Crippen molar-refractivity contribution in [1.82, 2.24) is 15.5 Å². The highest BCUT2D eigenvalue weighted by molar-refractivity contribution is 7.90. The van der Waals surface area contributed by atoms with Crippen LogP contribution in [0.25, 0.3) is 11.3 Å². The molecule has 10 heteroatoms. The molecule has 0 radical (unpaired) electrons. The number of carbonyl (C=O) groups is 1. The Bertz CT molecular complexity index is 1250. The van der Waals surface area contributed by atoms with Crippen LogP contribution in [0.15, 0.2) is 64.5 Å². The molecule has 33 heavy (non-hydrogen) atoms. The van der Waals surface area contributed by atoms with Gasteiger partial charge in [-0.15, -0.1) is 0 Å². The Balaban J connectivity index is 1.86. The van der Waals surface area contributed by atoms with E-state index in [0.717, 1.165) is 11.8 Å². The zero-order chi connectivity index (χ0) is 24.0. The van der Waals surface area contributed by atoms with Gasteiger partial charge in [-0.1, -0.05) is 13.0 Å². The summed E-state index contributed by atoms with van der Waals surface area (Å²) in [5.74, 6) is -0.0933. The summed E-state index contributed by atoms with van der Waals surface area (Å²) in [7, 11) is -1.86. The maximum absolute atomic E-state index is 13.2. The van der Waals surface area contributed by atoms with Crippen molar-refractivity contribution in [1.29, 1.82) is 0 Å². The molecule has 174 valence electrons. The topological polar surface area (TPSA) is 114 Å². The van der Waals surface area contributed by atoms with E-state index in [1.165, 1.54) is 36.4 Å². The van der Waals surface area contributed by atoms with Crippen molar-refractivity contribution in [2.75, 3.05) is 20.0 Å². The molecule has 0 aliphatic heterocycles. The molecule has 1 amide bonds. The van der Waals surface area contributed by atoms with E-state index in [-0.39, 0.29) is 22.2 Å². The summed E-state index contributed by atoms with van der Waals surface area (Å²) in [6.07, 6.45) is 1.48. The molecule has 0 unspecified atom stereocenters. The number of aromatic nitrogens is 2. The lowest BCUT2D eigenvalue weighted by Crippen LogP contribution is -2.32. The molecule has 0 bridgehead atoms. The summed E-state index contributed by atoms with van der Waals surface area (Å²) in [5, 5.41) is 9.78. The number of amidine groups is 1. The first kappa shape index (κ1) is 24.3. The Kier molecular flexibility index (Phi) is 7.72. The van der Waals surface area contributed by atoms with Gasteiger partial charge in [0.15, 0.2) is 15.7 Å². The number of amides is 1. The van der Waals surface area contributed by atoms with Crippen molar-refractivity contribution >= 4 is 27.4 Å². The summed E-state index contributed by atoms with van der Waals surface area (Å²) < 4.78 is 42.0. The van der Waals surface area contributed by atoms with Crippen molar-refractivity contribution in [3.63, 3.8) is 0 Å². The molecule has 1 heterocycles. The summed E-state index contributed by atoms with van der Waals surface area (Å²) in [6, 6.07) is 13.4. The van der Waals surface area contributed by atoms with Gasteiger partial charge >= 0.3 is 0 Å². The highest BCUT2D eigenvalue weighted by Crippen LogP contribution is 2.22. The highest BCUT2D eigenvalue weighted by Gasteiger charge is 2.16. The molecule has 0 spiro atoms. The number of sulfone groups is 1. The van der Waals surface area contributed by atoms with Gasteiger partial charge in [0.1, 0.15) is 11.7 Å². The van der Waals surface area contributed by atoms with Crippen molar-refractivity contribution < 1.29 is 22.3 Å². The van der Waals surface area contributed by atoms with Crippen LogP contribution in [-0.2, 0) is 14.6 Å². The van der Waals surface area contributed by atoms with E-state index in [2.05, 4.69) is 20.5 Å². The number of benzene rings is 2. The maximum atomic E-state index is 13.2. The molecule has 0 aliphatic carbocycles. The van der Waals surface area contributed by atoms with Crippen LogP contribution in [0.3, 0.4) is 0 Å². The van der Waals surface area contributed by atoms with E-state index in [0.29, 0.717) is 30.4 Å². The van der Waals surface area contributed by atoms with Crippen molar-refractivity contribution in [2.45, 2.75) is 18.2 Å². The van der Waals surface area contributed by atoms with Crippen LogP contribution in [-0.4, -0.2) is 50.3 Å². The molecule has 1 aromatic heterocycles. The van der Waals surface area contributed by atoms with Gasteiger partial charge in [0.2, 0.25) is 0 Å². The fourth-order valence-corrected chi connectivity index (χ4v) is 3.82. The van der Waals surface area contributed by atoms with Gasteiger partial charge in [-0.2, -0.15) is 5.10 Å². The Morgan fingerprint density at radius 3 is 2.61 bits per heavy atom. The first-order chi connectivity index (χ1) is 15.7. The predicted molar refractivity (Wildman–Crippen MR) is 124 cm³/mol. The molecule has 0 saturated carbocycles. The van der Waals surface area contributed by atoms with Crippen LogP contribution in [0.1, 0.15) is 23.7 Å². The monoisotopic (exact) mass is 472 g/mol. The lowest BCUT2D eigenvalue weighted by Gasteiger charge is -2.13. The molecule has 8 nitrogen and oxygen atoms in total. The number of carbonyl (C=O) groups excluding carboxylic acids is 1. The quantitative estimate of drug-likeness (QED) is 0.383. The van der Waals surface area contributed by atoms with Gasteiger partial charge in [-0.25, -0.2) is 17.8 Å². The largest absolute Gasteiger partial charge is 0.384 e. The van der Waals surface area contributed by atoms with Gasteiger partial charge < -0.3 is 10.1 Å². The average molecular weight is 473 g/mol. The number of rotatable bonds is 8. The van der Waals surface area contributed by atoms with E-state index in [9.17, 15) is 17.6 Å². The third-order valence-electron chi connectivity index (χ3n) is 4.74. The van der Waals surface area contributed by atoms with Crippen LogP contribution in [0, 0.1) is 11.7 Å². The summed E-state index contributed by atoms with van der Waals surface area (Å²) in [6.45, 7) is 2.41. The minimum Gasteiger partial charge on any atom is -0.384 e. The Morgan fingerprint density at radius 1 is 1.21 bits per heavy atom. The number of methoxy groups -OCH3 is 1. The van der Waals surface area contributed by atoms with Gasteiger partial charge in [-0.05, 0) is 53.9 Å². The lowest BCUT2D eigenvalue weighted by molar-refractivity contribution is 0.0975. The average Bonchev–Trinajstić information content (AvgIpc) is 3.22. The van der Waals surface area contributed by atoms with Gasteiger partial charge in [0, 0.05) is 38.0 Å². The number of aromatic amines is 1. The lowest BCUT2D eigenvalue weighted by atomic mass is 10.1. The van der Waals surface area contributed by atoms with Crippen molar-refractivity contribution in [2.24, 2.45) is 10.9 Å². The number of hydrogen-bond acceptors (Lipinski definition) is 6. The first-order valence-corrected chi connectivity index (χ1v) is 12.0. The van der Waals surface area contributed by atoms with Crippen LogP contribution < -0.4 is 5.32 Å². The first-order valence-electron chi connectivity index (χ1n) is 10.1. The van der Waals surface area contributed by atoms with Crippen LogP contribution in [0.4, 0.5) is 10.2 Å². The van der Waals surface area contributed by atoms with E-state index in [4.69, 9.17) is 4.74 Å². The fraction of sp³-hybridized carbons (Fsp3) is 0.261. The molecule has 3 aromatic rings.